The summed E-state index contributed by atoms with van der Waals surface area (Å²) in [6.07, 6.45) is 0. The van der Waals surface area contributed by atoms with E-state index in [1.165, 1.54) is 0 Å². The van der Waals surface area contributed by atoms with Gasteiger partial charge >= 0.3 is 250 Å². The van der Waals surface area contributed by atoms with E-state index in [4.69, 9.17) is 0 Å². The second-order valence-electron chi connectivity index (χ2n) is 2.18. The van der Waals surface area contributed by atoms with E-state index in [2.05, 4.69) is 0 Å². The van der Waals surface area contributed by atoms with Crippen molar-refractivity contribution in [1.82, 2.24) is 0 Å². The Morgan fingerprint density at radius 2 is 0.500 bits per heavy atom. The Labute approximate surface area is 244 Å². The largest absolute Gasteiger partial charge is 1.00 e. The van der Waals surface area contributed by atoms with Crippen molar-refractivity contribution in [3.63, 3.8) is 0 Å². The molecule has 0 radical (unpaired) electrons. The minimum atomic E-state index is -10.3. The van der Waals surface area contributed by atoms with Crippen molar-refractivity contribution in [3.8, 4) is 0 Å². The third kappa shape index (κ3) is 2.47. The van der Waals surface area contributed by atoms with Crippen LogP contribution in [0, 0.1) is 60.7 Å². The van der Waals surface area contributed by atoms with Gasteiger partial charge in [-0.2, -0.15) is 0 Å². The van der Waals surface area contributed by atoms with Crippen molar-refractivity contribution in [3.05, 3.63) is 60.7 Å². The molecule has 114 valence electrons. The van der Waals surface area contributed by atoms with E-state index < -0.39 is 35.7 Å². The summed E-state index contributed by atoms with van der Waals surface area (Å²) in [7, 11) is 0. The smallest absolute Gasteiger partial charge is 1.00 e. The molecule has 0 N–H and O–H groups in total. The average molecular weight is 452 g/mol. The fourth-order valence-corrected chi connectivity index (χ4v) is 2.75. The fourth-order valence-electron chi connectivity index (χ4n) is 0.667. The van der Waals surface area contributed by atoms with Gasteiger partial charge in [-0.1, -0.05) is 0 Å². The Bertz CT molecular complexity index is 438. The molecular weight excluding hydrogens is 452 g/mol. The molecule has 0 heterocycles. The number of rotatable bonds is 6. The van der Waals surface area contributed by atoms with Crippen LogP contribution in [-0.2, 0) is 11.8 Å². The fraction of sp³-hybridized carbons (Fsp3) is 0. The van der Waals surface area contributed by atoms with Crippen LogP contribution in [0.15, 0.2) is 0 Å². The van der Waals surface area contributed by atoms with Crippen LogP contribution in [0.3, 0.4) is 0 Å². The van der Waals surface area contributed by atoms with Crippen LogP contribution in [0.2, 0.25) is 0 Å². The van der Waals surface area contributed by atoms with Crippen molar-refractivity contribution >= 4 is 0 Å². The zero-order valence-electron chi connectivity index (χ0n) is 10.9. The minimum Gasteiger partial charge on any atom is 1.00 e. The molecule has 0 aliphatic carbocycles. The molecular formula is CoK3N6O12. The molecule has 0 saturated heterocycles. The van der Waals surface area contributed by atoms with E-state index in [-0.39, 0.29) is 154 Å². The van der Waals surface area contributed by atoms with Gasteiger partial charge in [0.05, 0.1) is 0 Å². The summed E-state index contributed by atoms with van der Waals surface area (Å²) >= 11 is -10.3. The summed E-state index contributed by atoms with van der Waals surface area (Å²) in [4.78, 5) is 63.2. The van der Waals surface area contributed by atoms with Gasteiger partial charge in [-0.3, -0.25) is 0 Å². The first-order valence-electron chi connectivity index (χ1n) is 3.09. The summed E-state index contributed by atoms with van der Waals surface area (Å²) in [6, 6.07) is 0. The zero-order chi connectivity index (χ0) is 15.9. The third-order valence-electron chi connectivity index (χ3n) is 1.63. The standard InChI is InChI=1S/Co.3K.6NO2/c;;;;6*2-1-3/q-3;3*+1;;;;;;. The van der Waals surface area contributed by atoms with Crippen LogP contribution in [0.1, 0.15) is 0 Å². The monoisotopic (exact) mass is 452 g/mol. The molecule has 0 atom stereocenters. The van der Waals surface area contributed by atoms with Gasteiger partial charge in [-0.05, 0) is 0 Å². The number of hydrogen-bond acceptors (Lipinski definition) is 12. The molecule has 0 aliphatic heterocycles. The van der Waals surface area contributed by atoms with Gasteiger partial charge in [0.25, 0.3) is 0 Å². The molecule has 0 aromatic carbocycles. The van der Waals surface area contributed by atoms with Crippen LogP contribution in [0.5, 0.6) is 0 Å². The molecule has 22 heteroatoms. The van der Waals surface area contributed by atoms with E-state index >= 15 is 0 Å². The summed E-state index contributed by atoms with van der Waals surface area (Å²) < 4.78 is -19.6. The molecule has 0 rings (SSSR count). The van der Waals surface area contributed by atoms with E-state index in [1.54, 1.807) is 0 Å². The van der Waals surface area contributed by atoms with Crippen molar-refractivity contribution in [2.24, 2.45) is 0 Å². The number of hydrogen-bond donors (Lipinski definition) is 0. The predicted octanol–water partition coefficient (Wildman–Crippen LogP) is -10.6. The van der Waals surface area contributed by atoms with Crippen LogP contribution in [0.25, 0.3) is 0 Å². The third-order valence-corrected chi connectivity index (χ3v) is 6.73. The van der Waals surface area contributed by atoms with Crippen molar-refractivity contribution in [1.29, 1.82) is 0 Å². The van der Waals surface area contributed by atoms with Gasteiger partial charge < -0.3 is 0 Å². The van der Waals surface area contributed by atoms with Crippen molar-refractivity contribution < 1.29 is 190 Å². The van der Waals surface area contributed by atoms with E-state index in [0.29, 0.717) is 0 Å². The summed E-state index contributed by atoms with van der Waals surface area (Å²) in [5, 5.41) is 63.2. The van der Waals surface area contributed by atoms with Crippen LogP contribution >= 0.6 is 0 Å². The minimum absolute atomic E-state index is 0. The molecule has 0 fully saturated rings. The normalized spacial score (nSPS) is 12.5. The first-order valence-corrected chi connectivity index (χ1v) is 5.88. The molecule has 0 aliphatic rings. The van der Waals surface area contributed by atoms with E-state index in [9.17, 15) is 60.7 Å². The molecule has 0 saturated carbocycles. The maximum absolute atomic E-state index is 10.5. The Morgan fingerprint density at radius 3 is 0.500 bits per heavy atom. The van der Waals surface area contributed by atoms with Crippen LogP contribution in [-0.4, -0.2) is 23.8 Å². The second-order valence-corrected chi connectivity index (χ2v) is 7.58. The first-order chi connectivity index (χ1) is 8.34. The Kier molecular flexibility index (Phi) is 12.9. The Balaban J connectivity index is -0.000000540. The van der Waals surface area contributed by atoms with Crippen molar-refractivity contribution in [2.75, 3.05) is 0 Å². The van der Waals surface area contributed by atoms with Gasteiger partial charge in [0, 0.05) is 0 Å². The summed E-state index contributed by atoms with van der Waals surface area (Å²) in [5.41, 5.74) is 0. The van der Waals surface area contributed by atoms with E-state index in [1.807, 2.05) is 0 Å². The Morgan fingerprint density at radius 1 is 0.409 bits per heavy atom. The summed E-state index contributed by atoms with van der Waals surface area (Å²) in [6.45, 7) is 0. The van der Waals surface area contributed by atoms with Crippen molar-refractivity contribution in [2.45, 2.75) is 0 Å². The maximum Gasteiger partial charge on any atom is 1.00 e. The molecule has 0 amide bonds. The molecule has 0 aromatic heterocycles. The predicted molar refractivity (Wildman–Crippen MR) is 42.0 cm³/mol. The number of nitro groups is 6. The van der Waals surface area contributed by atoms with Crippen LogP contribution in [0.4, 0.5) is 0 Å². The average Bonchev–Trinajstić information content (AvgIpc) is 2.15. The summed E-state index contributed by atoms with van der Waals surface area (Å²) in [5.74, 6) is 0. The first kappa shape index (κ1) is 31.6. The molecule has 18 nitrogen and oxygen atoms in total. The zero-order valence-corrected chi connectivity index (χ0v) is 21.3. The van der Waals surface area contributed by atoms with Gasteiger partial charge in [0.15, 0.2) is 0 Å². The SMILES string of the molecule is O=[N+]([O-])[Co-3]([N+](=O)[O-])([N+](=O)[O-])([N+](=O)[O-])([N+](=O)[O-])[N+](=O)[O-].[K+].[K+].[K+]. The topological polar surface area (TPSA) is 259 Å². The van der Waals surface area contributed by atoms with Crippen LogP contribution < -0.4 is 154 Å². The van der Waals surface area contributed by atoms with Gasteiger partial charge in [0.2, 0.25) is 0 Å². The number of nitrogens with zero attached hydrogens (tertiary/aromatic N) is 6. The Hall–Kier alpha value is 1.82. The quantitative estimate of drug-likeness (QED) is 0.207. The molecule has 0 bridgehead atoms. The second kappa shape index (κ2) is 8.96. The van der Waals surface area contributed by atoms with E-state index in [0.717, 1.165) is 0 Å². The molecule has 22 heavy (non-hydrogen) atoms. The van der Waals surface area contributed by atoms with Gasteiger partial charge in [0.1, 0.15) is 0 Å². The van der Waals surface area contributed by atoms with Gasteiger partial charge in [-0.15, -0.1) is 0 Å². The van der Waals surface area contributed by atoms with Gasteiger partial charge in [-0.25, -0.2) is 0 Å². The molecule has 0 spiro atoms. The molecule has 0 aromatic rings. The maximum atomic E-state index is 10.5. The molecule has 0 unspecified atom stereocenters.